The van der Waals surface area contributed by atoms with Crippen LogP contribution in [0.5, 0.6) is 5.75 Å². The van der Waals surface area contributed by atoms with Gasteiger partial charge in [-0.05, 0) is 52.2 Å². The number of hydrogen-bond acceptors (Lipinski definition) is 7. The minimum absolute atomic E-state index is 0.0199. The van der Waals surface area contributed by atoms with E-state index in [9.17, 15) is 26.4 Å². The van der Waals surface area contributed by atoms with Crippen LogP contribution in [-0.2, 0) is 32.6 Å². The van der Waals surface area contributed by atoms with Crippen LogP contribution in [0.25, 0.3) is 0 Å². The van der Waals surface area contributed by atoms with Crippen molar-refractivity contribution in [1.82, 2.24) is 4.90 Å². The molecule has 190 valence electrons. The molecular weight excluding hydrogens is 477 g/mol. The maximum absolute atomic E-state index is 13.0. The first-order valence-electron chi connectivity index (χ1n) is 11.1. The minimum atomic E-state index is -5.83. The number of nitrogens with zero attached hydrogens (tertiary/aromatic N) is 2. The SMILES string of the molecule is Cc1c(N2CCC3(CN(C(=O)OC(C)(C)C)C3)C2)cc2c(c1OS(=O)(=O)C(F)(F)F)COCC2. The van der Waals surface area contributed by atoms with Crippen molar-refractivity contribution >= 4 is 21.9 Å². The van der Waals surface area contributed by atoms with Crippen molar-refractivity contribution in [2.75, 3.05) is 37.7 Å². The lowest BCUT2D eigenvalue weighted by atomic mass is 9.79. The average Bonchev–Trinajstić information content (AvgIpc) is 3.12. The highest BCUT2D eigenvalue weighted by molar-refractivity contribution is 7.88. The third kappa shape index (κ3) is 4.66. The predicted molar refractivity (Wildman–Crippen MR) is 117 cm³/mol. The van der Waals surface area contributed by atoms with Gasteiger partial charge in [-0.3, -0.25) is 0 Å². The van der Waals surface area contributed by atoms with E-state index in [2.05, 4.69) is 4.18 Å². The molecule has 0 radical (unpaired) electrons. The Bertz CT molecular complexity index is 1090. The van der Waals surface area contributed by atoms with Crippen LogP contribution in [0, 0.1) is 12.3 Å². The lowest BCUT2D eigenvalue weighted by Gasteiger charge is -2.47. The molecule has 2 saturated heterocycles. The first-order chi connectivity index (χ1) is 15.6. The van der Waals surface area contributed by atoms with E-state index in [1.165, 1.54) is 0 Å². The average molecular weight is 507 g/mol. The van der Waals surface area contributed by atoms with Crippen LogP contribution in [0.1, 0.15) is 43.9 Å². The lowest BCUT2D eigenvalue weighted by Crippen LogP contribution is -2.60. The molecule has 1 amide bonds. The topological polar surface area (TPSA) is 85.4 Å². The first kappa shape index (κ1) is 24.9. The highest BCUT2D eigenvalue weighted by Gasteiger charge is 2.51. The number of halogens is 3. The van der Waals surface area contributed by atoms with Crippen LogP contribution in [0.3, 0.4) is 0 Å². The van der Waals surface area contributed by atoms with Gasteiger partial charge in [0.2, 0.25) is 0 Å². The number of likely N-dealkylation sites (tertiary alicyclic amines) is 1. The van der Waals surface area contributed by atoms with Gasteiger partial charge in [-0.2, -0.15) is 21.6 Å². The monoisotopic (exact) mass is 506 g/mol. The Morgan fingerprint density at radius 3 is 2.47 bits per heavy atom. The Kier molecular flexibility index (Phi) is 5.99. The molecule has 0 unspecified atom stereocenters. The second kappa shape index (κ2) is 8.18. The van der Waals surface area contributed by atoms with Crippen LogP contribution in [-0.4, -0.2) is 63.3 Å². The van der Waals surface area contributed by atoms with Crippen molar-refractivity contribution in [1.29, 1.82) is 0 Å². The van der Waals surface area contributed by atoms with Crippen molar-refractivity contribution in [2.45, 2.75) is 58.3 Å². The molecule has 0 saturated carbocycles. The van der Waals surface area contributed by atoms with Gasteiger partial charge in [0.1, 0.15) is 5.60 Å². The second-order valence-electron chi connectivity index (χ2n) is 10.3. The molecule has 4 rings (SSSR count). The summed E-state index contributed by atoms with van der Waals surface area (Å²) in [7, 11) is -5.83. The van der Waals surface area contributed by atoms with E-state index in [0.29, 0.717) is 61.6 Å². The summed E-state index contributed by atoms with van der Waals surface area (Å²) in [5, 5.41) is 0. The van der Waals surface area contributed by atoms with Gasteiger partial charge in [0, 0.05) is 48.4 Å². The summed E-state index contributed by atoms with van der Waals surface area (Å²) in [6.07, 6.45) is 0.869. The van der Waals surface area contributed by atoms with Crippen molar-refractivity contribution < 1.29 is 40.0 Å². The van der Waals surface area contributed by atoms with Crippen molar-refractivity contribution in [3.8, 4) is 5.75 Å². The highest BCUT2D eigenvalue weighted by atomic mass is 32.2. The van der Waals surface area contributed by atoms with E-state index in [4.69, 9.17) is 9.47 Å². The fraction of sp³-hybridized carbons (Fsp3) is 0.682. The number of carbonyl (C=O) groups excluding carboxylic acids is 1. The van der Waals surface area contributed by atoms with E-state index >= 15 is 0 Å². The predicted octanol–water partition coefficient (Wildman–Crippen LogP) is 3.74. The summed E-state index contributed by atoms with van der Waals surface area (Å²) in [6, 6.07) is 1.89. The van der Waals surface area contributed by atoms with Crippen molar-refractivity contribution in [3.05, 3.63) is 22.8 Å². The fourth-order valence-corrected chi connectivity index (χ4v) is 5.34. The van der Waals surface area contributed by atoms with Crippen LogP contribution in [0.4, 0.5) is 23.7 Å². The number of ether oxygens (including phenoxy) is 2. The molecule has 1 aromatic carbocycles. The molecule has 0 bridgehead atoms. The second-order valence-corrected chi connectivity index (χ2v) is 11.8. The van der Waals surface area contributed by atoms with Gasteiger partial charge in [-0.1, -0.05) is 0 Å². The standard InChI is InChI=1S/C22H29F3N2O6S/c1-14-17(26-7-6-21(11-26)12-27(13-21)19(28)32-20(2,3)4)9-15-5-8-31-10-16(15)18(14)33-34(29,30)22(23,24)25/h9H,5-8,10-13H2,1-4H3. The van der Waals surface area contributed by atoms with E-state index in [-0.39, 0.29) is 23.9 Å². The van der Waals surface area contributed by atoms with Crippen molar-refractivity contribution in [2.24, 2.45) is 5.41 Å². The van der Waals surface area contributed by atoms with Gasteiger partial charge in [-0.15, -0.1) is 0 Å². The molecule has 0 N–H and O–H groups in total. The van der Waals surface area contributed by atoms with E-state index in [0.717, 1.165) is 6.42 Å². The zero-order valence-corrected chi connectivity index (χ0v) is 20.4. The molecule has 34 heavy (non-hydrogen) atoms. The fourth-order valence-electron chi connectivity index (χ4n) is 4.80. The third-order valence-electron chi connectivity index (χ3n) is 6.42. The quantitative estimate of drug-likeness (QED) is 0.456. The summed E-state index contributed by atoms with van der Waals surface area (Å²) >= 11 is 0. The number of benzene rings is 1. The molecule has 3 aliphatic heterocycles. The molecule has 12 heteroatoms. The number of rotatable bonds is 3. The minimum Gasteiger partial charge on any atom is -0.444 e. The molecule has 1 spiro atoms. The van der Waals surface area contributed by atoms with Crippen LogP contribution < -0.4 is 9.08 Å². The third-order valence-corrected chi connectivity index (χ3v) is 7.37. The normalized spacial score (nSPS) is 20.2. The highest BCUT2D eigenvalue weighted by Crippen LogP contribution is 2.45. The Balaban J connectivity index is 1.57. The molecule has 1 aromatic rings. The lowest BCUT2D eigenvalue weighted by molar-refractivity contribution is -0.0501. The molecule has 0 aliphatic carbocycles. The number of fused-ring (bicyclic) bond motifs is 1. The molecule has 0 atom stereocenters. The number of amides is 1. The van der Waals surface area contributed by atoms with Gasteiger partial charge < -0.3 is 23.5 Å². The smallest absolute Gasteiger partial charge is 0.444 e. The van der Waals surface area contributed by atoms with E-state index in [1.54, 1.807) is 32.6 Å². The maximum atomic E-state index is 13.0. The van der Waals surface area contributed by atoms with Gasteiger partial charge in [-0.25, -0.2) is 4.79 Å². The van der Waals surface area contributed by atoms with Crippen LogP contribution in [0.15, 0.2) is 6.07 Å². The van der Waals surface area contributed by atoms with Crippen LogP contribution >= 0.6 is 0 Å². The molecule has 2 fully saturated rings. The summed E-state index contributed by atoms with van der Waals surface area (Å²) in [5.74, 6) is -0.311. The summed E-state index contributed by atoms with van der Waals surface area (Å²) in [5.41, 5.74) is -4.26. The summed E-state index contributed by atoms with van der Waals surface area (Å²) < 4.78 is 78.2. The van der Waals surface area contributed by atoms with Gasteiger partial charge in [0.25, 0.3) is 0 Å². The first-order valence-corrected chi connectivity index (χ1v) is 12.5. The molecular formula is C22H29F3N2O6S. The summed E-state index contributed by atoms with van der Waals surface area (Å²) in [4.78, 5) is 16.0. The number of carbonyl (C=O) groups is 1. The van der Waals surface area contributed by atoms with Crippen molar-refractivity contribution in [3.63, 3.8) is 0 Å². The Morgan fingerprint density at radius 1 is 1.18 bits per heavy atom. The van der Waals surface area contributed by atoms with Gasteiger partial charge in [0.05, 0.1) is 13.2 Å². The molecule has 8 nitrogen and oxygen atoms in total. The van der Waals surface area contributed by atoms with Gasteiger partial charge in [0.15, 0.2) is 5.75 Å². The Morgan fingerprint density at radius 2 is 1.85 bits per heavy atom. The molecule has 3 heterocycles. The van der Waals surface area contributed by atoms with Gasteiger partial charge >= 0.3 is 21.7 Å². The Labute approximate surface area is 197 Å². The Hall–Kier alpha value is -2.21. The van der Waals surface area contributed by atoms with E-state index < -0.39 is 21.2 Å². The largest absolute Gasteiger partial charge is 0.534 e. The number of anilines is 1. The molecule has 0 aromatic heterocycles. The van der Waals surface area contributed by atoms with Crippen LogP contribution in [0.2, 0.25) is 0 Å². The summed E-state index contributed by atoms with van der Waals surface area (Å²) in [6.45, 7) is 9.62. The number of hydrogen-bond donors (Lipinski definition) is 0. The number of alkyl halides is 3. The molecule has 3 aliphatic rings. The zero-order chi connectivity index (χ0) is 25.1. The maximum Gasteiger partial charge on any atom is 0.534 e. The zero-order valence-electron chi connectivity index (χ0n) is 19.6. The van der Waals surface area contributed by atoms with E-state index in [1.807, 2.05) is 11.0 Å².